The maximum absolute atomic E-state index is 12.2. The van der Waals surface area contributed by atoms with Crippen LogP contribution in [0.3, 0.4) is 0 Å². The molecule has 6 heteroatoms. The van der Waals surface area contributed by atoms with Crippen molar-refractivity contribution in [2.75, 3.05) is 10.6 Å². The van der Waals surface area contributed by atoms with E-state index in [2.05, 4.69) is 11.2 Å². The van der Waals surface area contributed by atoms with Gasteiger partial charge >= 0.3 is 6.03 Å². The Balaban J connectivity index is 1.78. The molecule has 4 rings (SSSR count). The Bertz CT molecular complexity index is 1210. The Kier molecular flexibility index (Phi) is 4.47. The molecule has 0 unspecified atom stereocenters. The molecule has 4 aromatic rings. The monoisotopic (exact) mass is 386 g/mol. The van der Waals surface area contributed by atoms with Gasteiger partial charge in [0.15, 0.2) is 11.4 Å². The van der Waals surface area contributed by atoms with E-state index in [1.54, 1.807) is 0 Å². The number of carbonyl (C=O) groups is 1. The first-order valence-electron chi connectivity index (χ1n) is 9.28. The summed E-state index contributed by atoms with van der Waals surface area (Å²) in [5, 5.41) is 4.69. The van der Waals surface area contributed by atoms with Crippen LogP contribution in [-0.4, -0.2) is 11.2 Å². The number of amides is 2. The molecular formula is C23H22N4O2. The van der Waals surface area contributed by atoms with Crippen LogP contribution in [0.4, 0.5) is 22.0 Å². The van der Waals surface area contributed by atoms with E-state index in [-0.39, 0.29) is 0 Å². The number of nitrogen functional groups attached to an aromatic ring is 1. The van der Waals surface area contributed by atoms with Gasteiger partial charge in [0, 0.05) is 0 Å². The minimum Gasteiger partial charge on any atom is -0.380 e. The van der Waals surface area contributed by atoms with Crippen LogP contribution in [-0.2, 0) is 0 Å². The first kappa shape index (κ1) is 18.6. The van der Waals surface area contributed by atoms with Crippen molar-refractivity contribution in [1.82, 2.24) is 5.16 Å². The van der Waals surface area contributed by atoms with Gasteiger partial charge in [-0.25, -0.2) is 4.79 Å². The number of benzene rings is 3. The summed E-state index contributed by atoms with van der Waals surface area (Å²) < 4.78 is 5.37. The van der Waals surface area contributed by atoms with Crippen LogP contribution in [0.15, 0.2) is 59.1 Å². The Morgan fingerprint density at radius 1 is 0.931 bits per heavy atom. The average Bonchev–Trinajstić information content (AvgIpc) is 3.05. The highest BCUT2D eigenvalue weighted by molar-refractivity contribution is 6.03. The number of hydrogen-bond acceptors (Lipinski definition) is 4. The number of nitrogens with two attached hydrogens (primary N) is 2. The first-order valence-corrected chi connectivity index (χ1v) is 9.28. The SMILES string of the molecule is Cc1cc(C)cc(N(C(N)=O)c2ccc(-c3ccc(C)c4onc(N)c34)cc2)c1. The van der Waals surface area contributed by atoms with Crippen LogP contribution in [0.5, 0.6) is 0 Å². The van der Waals surface area contributed by atoms with Gasteiger partial charge in [-0.1, -0.05) is 35.5 Å². The van der Waals surface area contributed by atoms with Gasteiger partial charge < -0.3 is 16.0 Å². The van der Waals surface area contributed by atoms with Crippen LogP contribution in [0.1, 0.15) is 16.7 Å². The number of hydrogen-bond donors (Lipinski definition) is 2. The zero-order chi connectivity index (χ0) is 20.7. The Labute approximate surface area is 168 Å². The van der Waals surface area contributed by atoms with E-state index in [1.807, 2.05) is 69.3 Å². The van der Waals surface area contributed by atoms with Crippen molar-refractivity contribution in [1.29, 1.82) is 0 Å². The van der Waals surface area contributed by atoms with Gasteiger partial charge in [0.1, 0.15) is 0 Å². The molecule has 4 N–H and O–H groups in total. The highest BCUT2D eigenvalue weighted by atomic mass is 16.5. The van der Waals surface area contributed by atoms with Crippen LogP contribution >= 0.6 is 0 Å². The number of rotatable bonds is 3. The van der Waals surface area contributed by atoms with Gasteiger partial charge in [-0.2, -0.15) is 0 Å². The second kappa shape index (κ2) is 6.98. The van der Waals surface area contributed by atoms with Crippen molar-refractivity contribution < 1.29 is 9.32 Å². The molecule has 0 spiro atoms. The van der Waals surface area contributed by atoms with Crippen molar-refractivity contribution >= 4 is 34.2 Å². The molecule has 0 saturated carbocycles. The number of nitrogens with zero attached hydrogens (tertiary/aromatic N) is 2. The fourth-order valence-corrected chi connectivity index (χ4v) is 3.71. The Morgan fingerprint density at radius 2 is 1.59 bits per heavy atom. The third kappa shape index (κ3) is 3.29. The third-order valence-corrected chi connectivity index (χ3v) is 4.97. The Hall–Kier alpha value is -3.80. The molecule has 0 radical (unpaired) electrons. The summed E-state index contributed by atoms with van der Waals surface area (Å²) in [5.41, 5.74) is 18.8. The lowest BCUT2D eigenvalue weighted by atomic mass is 9.99. The summed E-state index contributed by atoms with van der Waals surface area (Å²) in [6.07, 6.45) is 0. The standard InChI is InChI=1S/C23H22N4O2/c1-13-10-14(2)12-18(11-13)27(23(25)28)17-7-5-16(6-8-17)19-9-4-15(3)21-20(19)22(24)26-29-21/h4-12H,1-3H3,(H2,24,26)(H2,25,28). The van der Waals surface area contributed by atoms with Crippen molar-refractivity contribution in [2.24, 2.45) is 5.73 Å². The van der Waals surface area contributed by atoms with Gasteiger partial charge in [0.25, 0.3) is 0 Å². The van der Waals surface area contributed by atoms with Gasteiger partial charge in [-0.05, 0) is 72.9 Å². The molecule has 1 aromatic heterocycles. The second-order valence-corrected chi connectivity index (χ2v) is 7.27. The molecule has 2 amide bonds. The number of anilines is 3. The summed E-state index contributed by atoms with van der Waals surface area (Å²) in [6, 6.07) is 17.0. The van der Waals surface area contributed by atoms with Crippen molar-refractivity contribution in [3.05, 3.63) is 71.3 Å². The number of aryl methyl sites for hydroxylation is 3. The minimum absolute atomic E-state index is 0.358. The van der Waals surface area contributed by atoms with Gasteiger partial charge in [-0.15, -0.1) is 0 Å². The van der Waals surface area contributed by atoms with Crippen molar-refractivity contribution in [2.45, 2.75) is 20.8 Å². The van der Waals surface area contributed by atoms with Crippen molar-refractivity contribution in [3.63, 3.8) is 0 Å². The fourth-order valence-electron chi connectivity index (χ4n) is 3.71. The maximum Gasteiger partial charge on any atom is 0.323 e. The average molecular weight is 386 g/mol. The topological polar surface area (TPSA) is 98.4 Å². The van der Waals surface area contributed by atoms with Gasteiger partial charge in [0.2, 0.25) is 0 Å². The van der Waals surface area contributed by atoms with E-state index < -0.39 is 6.03 Å². The molecule has 0 bridgehead atoms. The number of urea groups is 1. The minimum atomic E-state index is -0.538. The number of aromatic nitrogens is 1. The van der Waals surface area contributed by atoms with E-state index in [1.165, 1.54) is 4.90 Å². The molecule has 0 aliphatic carbocycles. The van der Waals surface area contributed by atoms with Gasteiger partial charge in [-0.3, -0.25) is 4.90 Å². The molecular weight excluding hydrogens is 364 g/mol. The molecule has 0 saturated heterocycles. The zero-order valence-electron chi connectivity index (χ0n) is 16.6. The van der Waals surface area contributed by atoms with Crippen molar-refractivity contribution in [3.8, 4) is 11.1 Å². The van der Waals surface area contributed by atoms with Crippen LogP contribution < -0.4 is 16.4 Å². The number of carbonyl (C=O) groups excluding carboxylic acids is 1. The highest BCUT2D eigenvalue weighted by Gasteiger charge is 2.17. The molecule has 0 aliphatic heterocycles. The summed E-state index contributed by atoms with van der Waals surface area (Å²) >= 11 is 0. The quantitative estimate of drug-likeness (QED) is 0.504. The highest BCUT2D eigenvalue weighted by Crippen LogP contribution is 2.36. The van der Waals surface area contributed by atoms with Gasteiger partial charge in [0.05, 0.1) is 16.8 Å². The predicted molar refractivity (Wildman–Crippen MR) is 116 cm³/mol. The summed E-state index contributed by atoms with van der Waals surface area (Å²) in [7, 11) is 0. The van der Waals surface area contributed by atoms with E-state index >= 15 is 0 Å². The van der Waals surface area contributed by atoms with E-state index in [4.69, 9.17) is 16.0 Å². The summed E-state index contributed by atoms with van der Waals surface area (Å²) in [6.45, 7) is 5.93. The van der Waals surface area contributed by atoms with Crippen LogP contribution in [0.2, 0.25) is 0 Å². The molecule has 1 heterocycles. The van der Waals surface area contributed by atoms with Crippen LogP contribution in [0, 0.1) is 20.8 Å². The normalized spacial score (nSPS) is 11.0. The number of fused-ring (bicyclic) bond motifs is 1. The number of primary amides is 1. The maximum atomic E-state index is 12.2. The lowest BCUT2D eigenvalue weighted by Gasteiger charge is -2.22. The second-order valence-electron chi connectivity index (χ2n) is 7.27. The lowest BCUT2D eigenvalue weighted by Crippen LogP contribution is -2.31. The molecule has 3 aromatic carbocycles. The largest absolute Gasteiger partial charge is 0.380 e. The first-order chi connectivity index (χ1) is 13.8. The predicted octanol–water partition coefficient (Wildman–Crippen LogP) is 5.22. The molecule has 146 valence electrons. The van der Waals surface area contributed by atoms with E-state index in [0.29, 0.717) is 17.1 Å². The molecule has 6 nitrogen and oxygen atoms in total. The molecule has 29 heavy (non-hydrogen) atoms. The molecule has 0 atom stereocenters. The fraction of sp³-hybridized carbons (Fsp3) is 0.130. The lowest BCUT2D eigenvalue weighted by molar-refractivity contribution is 0.256. The third-order valence-electron chi connectivity index (χ3n) is 4.97. The van der Waals surface area contributed by atoms with E-state index in [0.717, 1.165) is 38.9 Å². The zero-order valence-corrected chi connectivity index (χ0v) is 16.6. The molecule has 0 aliphatic rings. The summed E-state index contributed by atoms with van der Waals surface area (Å²) in [5.74, 6) is 0.358. The van der Waals surface area contributed by atoms with E-state index in [9.17, 15) is 4.79 Å². The smallest absolute Gasteiger partial charge is 0.323 e. The summed E-state index contributed by atoms with van der Waals surface area (Å²) in [4.78, 5) is 13.7. The molecule has 0 fully saturated rings. The van der Waals surface area contributed by atoms with Crippen LogP contribution in [0.25, 0.3) is 22.1 Å². The Morgan fingerprint density at radius 3 is 2.21 bits per heavy atom.